The van der Waals surface area contributed by atoms with Gasteiger partial charge in [-0.05, 0) is 31.0 Å². The molecule has 5 nitrogen and oxygen atoms in total. The lowest BCUT2D eigenvalue weighted by Crippen LogP contribution is -2.38. The molecule has 0 radical (unpaired) electrons. The monoisotopic (exact) mass is 334 g/mol. The number of aliphatic hydroxyl groups excluding tert-OH is 1. The van der Waals surface area contributed by atoms with Crippen LogP contribution in [0.3, 0.4) is 0 Å². The summed E-state index contributed by atoms with van der Waals surface area (Å²) < 4.78 is 42.2. The first-order valence-corrected chi connectivity index (χ1v) is 7.12. The number of halogens is 3. The lowest BCUT2D eigenvalue weighted by Gasteiger charge is -2.16. The first-order valence-electron chi connectivity index (χ1n) is 7.12. The quantitative estimate of drug-likeness (QED) is 0.717. The highest BCUT2D eigenvalue weighted by Crippen LogP contribution is 2.29. The Hall–Kier alpha value is -1.80. The largest absolute Gasteiger partial charge is 0.416 e. The molecular weight excluding hydrogens is 313 g/mol. The second-order valence-electron chi connectivity index (χ2n) is 5.14. The van der Waals surface area contributed by atoms with E-state index < -0.39 is 29.9 Å². The minimum atomic E-state index is -4.38. The number of hydrogen-bond acceptors (Lipinski definition) is 3. The van der Waals surface area contributed by atoms with Crippen molar-refractivity contribution in [1.82, 2.24) is 10.6 Å². The Labute approximate surface area is 132 Å². The first kappa shape index (κ1) is 19.2. The highest BCUT2D eigenvalue weighted by molar-refractivity contribution is 5.74. The summed E-state index contributed by atoms with van der Waals surface area (Å²) in [5.74, 6) is 0. The van der Waals surface area contributed by atoms with Crippen LogP contribution >= 0.6 is 0 Å². The van der Waals surface area contributed by atoms with Crippen molar-refractivity contribution in [2.45, 2.75) is 31.7 Å². The number of alkyl halides is 3. The molecule has 0 saturated carbocycles. The fourth-order valence-corrected chi connectivity index (χ4v) is 1.92. The molecule has 0 fully saturated rings. The van der Waals surface area contributed by atoms with Crippen LogP contribution in [0.5, 0.6) is 0 Å². The van der Waals surface area contributed by atoms with Crippen LogP contribution in [-0.4, -0.2) is 37.5 Å². The van der Waals surface area contributed by atoms with Crippen LogP contribution in [0.15, 0.2) is 24.3 Å². The molecule has 3 N–H and O–H groups in total. The van der Waals surface area contributed by atoms with Crippen LogP contribution in [0.4, 0.5) is 18.0 Å². The maximum Gasteiger partial charge on any atom is 0.416 e. The Balaban J connectivity index is 2.43. The smallest absolute Gasteiger partial charge is 0.391 e. The number of hydrogen-bond donors (Lipinski definition) is 3. The summed E-state index contributed by atoms with van der Waals surface area (Å²) in [6.07, 6.45) is -4.70. The molecule has 0 heterocycles. The number of urea groups is 1. The van der Waals surface area contributed by atoms with Gasteiger partial charge in [0.15, 0.2) is 0 Å². The molecule has 0 aliphatic carbocycles. The van der Waals surface area contributed by atoms with Gasteiger partial charge in [0.05, 0.1) is 24.3 Å². The second kappa shape index (κ2) is 8.73. The molecule has 2 unspecified atom stereocenters. The standard InChI is InChI=1S/C15H21F3N2O3/c1-10(11-3-5-12(6-4-11)15(16,17)18)20-14(22)19-8-7-13(21)9-23-2/h3-6,10,13,21H,7-9H2,1-2H3,(H2,19,20,22). The number of methoxy groups -OCH3 is 1. The number of carbonyl (C=O) groups excluding carboxylic acids is 1. The number of carbonyl (C=O) groups is 1. The third-order valence-electron chi connectivity index (χ3n) is 3.21. The Morgan fingerprint density at radius 1 is 1.30 bits per heavy atom. The van der Waals surface area contributed by atoms with Crippen molar-refractivity contribution >= 4 is 6.03 Å². The van der Waals surface area contributed by atoms with Gasteiger partial charge in [0.1, 0.15) is 0 Å². The van der Waals surface area contributed by atoms with E-state index in [0.717, 1.165) is 12.1 Å². The van der Waals surface area contributed by atoms with Gasteiger partial charge in [0, 0.05) is 13.7 Å². The highest BCUT2D eigenvalue weighted by Gasteiger charge is 2.30. The Morgan fingerprint density at radius 3 is 2.43 bits per heavy atom. The summed E-state index contributed by atoms with van der Waals surface area (Å²) >= 11 is 0. The van der Waals surface area contributed by atoms with E-state index in [1.165, 1.54) is 19.2 Å². The summed E-state index contributed by atoms with van der Waals surface area (Å²) in [5.41, 5.74) is -0.169. The second-order valence-corrected chi connectivity index (χ2v) is 5.14. The molecule has 0 saturated heterocycles. The molecule has 1 aromatic rings. The average Bonchev–Trinajstić information content (AvgIpc) is 2.46. The van der Waals surface area contributed by atoms with Crippen molar-refractivity contribution in [2.24, 2.45) is 0 Å². The zero-order chi connectivity index (χ0) is 17.5. The molecule has 0 aromatic heterocycles. The third-order valence-corrected chi connectivity index (χ3v) is 3.21. The number of benzene rings is 1. The van der Waals surface area contributed by atoms with Gasteiger partial charge in [-0.2, -0.15) is 13.2 Å². The van der Waals surface area contributed by atoms with Crippen molar-refractivity contribution in [3.63, 3.8) is 0 Å². The molecule has 1 rings (SSSR count). The summed E-state index contributed by atoms with van der Waals surface area (Å²) in [6, 6.07) is 3.72. The molecule has 8 heteroatoms. The van der Waals surface area contributed by atoms with E-state index in [2.05, 4.69) is 10.6 Å². The minimum Gasteiger partial charge on any atom is -0.391 e. The number of amides is 2. The highest BCUT2D eigenvalue weighted by atomic mass is 19.4. The SMILES string of the molecule is COCC(O)CCNC(=O)NC(C)c1ccc(C(F)(F)F)cc1. The molecule has 0 aliphatic rings. The first-order chi connectivity index (χ1) is 10.7. The number of aliphatic hydroxyl groups is 1. The Bertz CT molecular complexity index is 492. The van der Waals surface area contributed by atoms with Crippen LogP contribution in [0, 0.1) is 0 Å². The summed E-state index contributed by atoms with van der Waals surface area (Å²) in [7, 11) is 1.47. The summed E-state index contributed by atoms with van der Waals surface area (Å²) in [5, 5.41) is 14.6. The normalized spacial score (nSPS) is 14.2. The van der Waals surface area contributed by atoms with Gasteiger partial charge in [0.25, 0.3) is 0 Å². The molecule has 0 spiro atoms. The molecule has 130 valence electrons. The van der Waals surface area contributed by atoms with E-state index in [1.54, 1.807) is 6.92 Å². The predicted octanol–water partition coefficient (Wildman–Crippen LogP) is 2.46. The zero-order valence-electron chi connectivity index (χ0n) is 13.0. The van der Waals surface area contributed by atoms with Crippen LogP contribution < -0.4 is 10.6 Å². The molecule has 2 amide bonds. The van der Waals surface area contributed by atoms with Crippen molar-refractivity contribution in [3.8, 4) is 0 Å². The fourth-order valence-electron chi connectivity index (χ4n) is 1.92. The molecule has 1 aromatic carbocycles. The van der Waals surface area contributed by atoms with Crippen molar-refractivity contribution in [3.05, 3.63) is 35.4 Å². The van der Waals surface area contributed by atoms with Crippen LogP contribution in [-0.2, 0) is 10.9 Å². The maximum atomic E-state index is 12.5. The van der Waals surface area contributed by atoms with E-state index in [1.807, 2.05) is 0 Å². The van der Waals surface area contributed by atoms with E-state index in [0.29, 0.717) is 12.0 Å². The van der Waals surface area contributed by atoms with E-state index >= 15 is 0 Å². The van der Waals surface area contributed by atoms with Crippen LogP contribution in [0.1, 0.15) is 30.5 Å². The molecular formula is C15H21F3N2O3. The lowest BCUT2D eigenvalue weighted by molar-refractivity contribution is -0.137. The van der Waals surface area contributed by atoms with Gasteiger partial charge in [-0.3, -0.25) is 0 Å². The average molecular weight is 334 g/mol. The Morgan fingerprint density at radius 2 is 1.91 bits per heavy atom. The van der Waals surface area contributed by atoms with Crippen molar-refractivity contribution in [2.75, 3.05) is 20.3 Å². The number of ether oxygens (including phenoxy) is 1. The molecule has 0 bridgehead atoms. The lowest BCUT2D eigenvalue weighted by atomic mass is 10.1. The van der Waals surface area contributed by atoms with Gasteiger partial charge < -0.3 is 20.5 Å². The Kier molecular flexibility index (Phi) is 7.31. The van der Waals surface area contributed by atoms with Gasteiger partial charge in [-0.15, -0.1) is 0 Å². The van der Waals surface area contributed by atoms with Gasteiger partial charge in [-0.25, -0.2) is 4.79 Å². The zero-order valence-corrected chi connectivity index (χ0v) is 13.0. The fraction of sp³-hybridized carbons (Fsp3) is 0.533. The van der Waals surface area contributed by atoms with E-state index in [-0.39, 0.29) is 13.2 Å². The number of nitrogens with one attached hydrogen (secondary N) is 2. The van der Waals surface area contributed by atoms with Crippen molar-refractivity contribution < 1.29 is 27.8 Å². The molecule has 2 atom stereocenters. The van der Waals surface area contributed by atoms with Gasteiger partial charge >= 0.3 is 12.2 Å². The maximum absolute atomic E-state index is 12.5. The molecule has 23 heavy (non-hydrogen) atoms. The number of rotatable bonds is 7. The topological polar surface area (TPSA) is 70.6 Å². The molecule has 0 aliphatic heterocycles. The van der Waals surface area contributed by atoms with E-state index in [9.17, 15) is 23.1 Å². The van der Waals surface area contributed by atoms with Gasteiger partial charge in [0.2, 0.25) is 0 Å². The van der Waals surface area contributed by atoms with Crippen LogP contribution in [0.25, 0.3) is 0 Å². The predicted molar refractivity (Wildman–Crippen MR) is 78.9 cm³/mol. The third kappa shape index (κ3) is 6.87. The van der Waals surface area contributed by atoms with Crippen molar-refractivity contribution in [1.29, 1.82) is 0 Å². The van der Waals surface area contributed by atoms with Gasteiger partial charge in [-0.1, -0.05) is 12.1 Å². The van der Waals surface area contributed by atoms with E-state index in [4.69, 9.17) is 4.74 Å². The summed E-state index contributed by atoms with van der Waals surface area (Å²) in [4.78, 5) is 11.7. The summed E-state index contributed by atoms with van der Waals surface area (Å²) in [6.45, 7) is 2.11. The minimum absolute atomic E-state index is 0.186. The van der Waals surface area contributed by atoms with Crippen LogP contribution in [0.2, 0.25) is 0 Å².